The molecule has 1 N–H and O–H groups in total. The maximum Gasteiger partial charge on any atom is 0.231 e. The first kappa shape index (κ1) is 14.2. The highest BCUT2D eigenvalue weighted by molar-refractivity contribution is 5.44. The molecule has 0 atom stereocenters. The van der Waals surface area contributed by atoms with E-state index in [0.717, 1.165) is 30.9 Å². The van der Waals surface area contributed by atoms with Gasteiger partial charge >= 0.3 is 0 Å². The van der Waals surface area contributed by atoms with Gasteiger partial charge in [0.05, 0.1) is 0 Å². The highest BCUT2D eigenvalue weighted by Crippen LogP contribution is 2.32. The number of hydrogen-bond donors (Lipinski definition) is 1. The van der Waals surface area contributed by atoms with Crippen LogP contribution in [0.4, 0.5) is 0 Å². The monoisotopic (exact) mass is 265 g/mol. The SMILES string of the molecule is CN(CCc1ccc2c(c1)OCO2)C(C)(C)CCO. The highest BCUT2D eigenvalue weighted by Gasteiger charge is 2.22. The molecule has 4 nitrogen and oxygen atoms in total. The van der Waals surface area contributed by atoms with Crippen LogP contribution in [0.15, 0.2) is 18.2 Å². The Bertz CT molecular complexity index is 431. The van der Waals surface area contributed by atoms with Gasteiger partial charge in [0.1, 0.15) is 0 Å². The van der Waals surface area contributed by atoms with E-state index in [1.54, 1.807) is 0 Å². The average Bonchev–Trinajstić information content (AvgIpc) is 2.83. The van der Waals surface area contributed by atoms with Crippen LogP contribution in [0, 0.1) is 0 Å². The lowest BCUT2D eigenvalue weighted by Crippen LogP contribution is -2.42. The molecule has 0 aromatic heterocycles. The summed E-state index contributed by atoms with van der Waals surface area (Å²) in [5.41, 5.74) is 1.27. The summed E-state index contributed by atoms with van der Waals surface area (Å²) in [4.78, 5) is 2.29. The molecule has 0 fully saturated rings. The molecular formula is C15H23NO3. The molecule has 1 aliphatic rings. The Hall–Kier alpha value is -1.26. The van der Waals surface area contributed by atoms with Crippen LogP contribution in [0.1, 0.15) is 25.8 Å². The van der Waals surface area contributed by atoms with Gasteiger partial charge < -0.3 is 19.5 Å². The maximum absolute atomic E-state index is 9.08. The Kier molecular flexibility index (Phi) is 4.32. The molecule has 19 heavy (non-hydrogen) atoms. The minimum Gasteiger partial charge on any atom is -0.454 e. The van der Waals surface area contributed by atoms with Gasteiger partial charge in [0.25, 0.3) is 0 Å². The smallest absolute Gasteiger partial charge is 0.231 e. The molecular weight excluding hydrogens is 242 g/mol. The molecule has 0 saturated carbocycles. The van der Waals surface area contributed by atoms with Gasteiger partial charge in [-0.25, -0.2) is 0 Å². The molecule has 0 saturated heterocycles. The Morgan fingerprint density at radius 3 is 2.74 bits per heavy atom. The first-order chi connectivity index (χ1) is 9.03. The van der Waals surface area contributed by atoms with Crippen LogP contribution in [-0.4, -0.2) is 42.5 Å². The summed E-state index contributed by atoms with van der Waals surface area (Å²) in [5.74, 6) is 1.67. The van der Waals surface area contributed by atoms with Crippen LogP contribution in [0.2, 0.25) is 0 Å². The van der Waals surface area contributed by atoms with E-state index in [0.29, 0.717) is 6.79 Å². The van der Waals surface area contributed by atoms with E-state index in [1.807, 2.05) is 6.07 Å². The van der Waals surface area contributed by atoms with Crippen molar-refractivity contribution in [3.8, 4) is 11.5 Å². The summed E-state index contributed by atoms with van der Waals surface area (Å²) < 4.78 is 10.7. The fraction of sp³-hybridized carbons (Fsp3) is 0.600. The van der Waals surface area contributed by atoms with Gasteiger partial charge in [-0.1, -0.05) is 6.07 Å². The number of aliphatic hydroxyl groups is 1. The standard InChI is InChI=1S/C15H23NO3/c1-15(2,7-9-17)16(3)8-6-12-4-5-13-14(10-12)19-11-18-13/h4-5,10,17H,6-9,11H2,1-3H3. The zero-order chi connectivity index (χ0) is 13.9. The van der Waals surface area contributed by atoms with Crippen molar-refractivity contribution in [2.24, 2.45) is 0 Å². The molecule has 0 amide bonds. The van der Waals surface area contributed by atoms with Crippen LogP contribution in [0.5, 0.6) is 11.5 Å². The number of ether oxygens (including phenoxy) is 2. The highest BCUT2D eigenvalue weighted by atomic mass is 16.7. The van der Waals surface area contributed by atoms with Crippen LogP contribution in [0.25, 0.3) is 0 Å². The Balaban J connectivity index is 1.92. The zero-order valence-electron chi connectivity index (χ0n) is 12.0. The third-order valence-electron chi connectivity index (χ3n) is 3.93. The summed E-state index contributed by atoms with van der Waals surface area (Å²) in [6, 6.07) is 6.10. The second-order valence-electron chi connectivity index (χ2n) is 5.65. The first-order valence-corrected chi connectivity index (χ1v) is 6.73. The number of fused-ring (bicyclic) bond motifs is 1. The van der Waals surface area contributed by atoms with Crippen molar-refractivity contribution in [2.75, 3.05) is 27.0 Å². The number of benzene rings is 1. The van der Waals surface area contributed by atoms with Gasteiger partial charge in [0.15, 0.2) is 11.5 Å². The summed E-state index contributed by atoms with van der Waals surface area (Å²) in [6.45, 7) is 5.81. The number of hydrogen-bond acceptors (Lipinski definition) is 4. The zero-order valence-corrected chi connectivity index (χ0v) is 12.0. The second kappa shape index (κ2) is 5.80. The van der Waals surface area contributed by atoms with E-state index in [4.69, 9.17) is 14.6 Å². The average molecular weight is 265 g/mol. The molecule has 106 valence electrons. The fourth-order valence-corrected chi connectivity index (χ4v) is 2.16. The van der Waals surface area contributed by atoms with Crippen molar-refractivity contribution in [3.05, 3.63) is 23.8 Å². The van der Waals surface area contributed by atoms with Crippen molar-refractivity contribution in [2.45, 2.75) is 32.2 Å². The molecule has 0 spiro atoms. The Labute approximate surface area is 114 Å². The van der Waals surface area contributed by atoms with Gasteiger partial charge in [-0.05, 0) is 51.4 Å². The number of likely N-dealkylation sites (N-methyl/N-ethyl adjacent to an activating group) is 1. The minimum atomic E-state index is 0.0189. The van der Waals surface area contributed by atoms with E-state index in [1.165, 1.54) is 5.56 Å². The lowest BCUT2D eigenvalue weighted by Gasteiger charge is -2.35. The van der Waals surface area contributed by atoms with Gasteiger partial charge in [-0.15, -0.1) is 0 Å². The number of nitrogens with zero attached hydrogens (tertiary/aromatic N) is 1. The van der Waals surface area contributed by atoms with Gasteiger partial charge in [-0.3, -0.25) is 0 Å². The first-order valence-electron chi connectivity index (χ1n) is 6.73. The van der Waals surface area contributed by atoms with Crippen molar-refractivity contribution >= 4 is 0 Å². The molecule has 0 aliphatic carbocycles. The molecule has 1 heterocycles. The minimum absolute atomic E-state index is 0.0189. The second-order valence-corrected chi connectivity index (χ2v) is 5.65. The third kappa shape index (κ3) is 3.39. The van der Waals surface area contributed by atoms with Crippen LogP contribution >= 0.6 is 0 Å². The lowest BCUT2D eigenvalue weighted by atomic mass is 9.98. The summed E-state index contributed by atoms with van der Waals surface area (Å²) in [5, 5.41) is 9.08. The molecule has 0 radical (unpaired) electrons. The van der Waals surface area contributed by atoms with Gasteiger partial charge in [0, 0.05) is 18.7 Å². The fourth-order valence-electron chi connectivity index (χ4n) is 2.16. The molecule has 0 unspecified atom stereocenters. The van der Waals surface area contributed by atoms with E-state index < -0.39 is 0 Å². The largest absolute Gasteiger partial charge is 0.454 e. The van der Waals surface area contributed by atoms with E-state index in [-0.39, 0.29) is 12.1 Å². The van der Waals surface area contributed by atoms with Gasteiger partial charge in [0.2, 0.25) is 6.79 Å². The predicted molar refractivity (Wildman–Crippen MR) is 74.7 cm³/mol. The summed E-state index contributed by atoms with van der Waals surface area (Å²) >= 11 is 0. The Morgan fingerprint density at radius 1 is 1.26 bits per heavy atom. The molecule has 1 aliphatic heterocycles. The van der Waals surface area contributed by atoms with E-state index in [2.05, 4.69) is 37.9 Å². The predicted octanol–water partition coefficient (Wildman–Crippen LogP) is 2.05. The molecule has 0 bridgehead atoms. The van der Waals surface area contributed by atoms with Crippen molar-refractivity contribution in [1.29, 1.82) is 0 Å². The normalized spacial score (nSPS) is 14.2. The van der Waals surface area contributed by atoms with Gasteiger partial charge in [-0.2, -0.15) is 0 Å². The third-order valence-corrected chi connectivity index (χ3v) is 3.93. The van der Waals surface area contributed by atoms with Crippen LogP contribution in [0.3, 0.4) is 0 Å². The van der Waals surface area contributed by atoms with Crippen LogP contribution < -0.4 is 9.47 Å². The molecule has 1 aromatic rings. The lowest BCUT2D eigenvalue weighted by molar-refractivity contribution is 0.118. The molecule has 4 heteroatoms. The van der Waals surface area contributed by atoms with E-state index in [9.17, 15) is 0 Å². The van der Waals surface area contributed by atoms with E-state index >= 15 is 0 Å². The number of aliphatic hydroxyl groups excluding tert-OH is 1. The maximum atomic E-state index is 9.08. The van der Waals surface area contributed by atoms with Crippen molar-refractivity contribution < 1.29 is 14.6 Å². The summed E-state index contributed by atoms with van der Waals surface area (Å²) in [6.07, 6.45) is 1.74. The van der Waals surface area contributed by atoms with Crippen molar-refractivity contribution in [3.63, 3.8) is 0 Å². The van der Waals surface area contributed by atoms with Crippen molar-refractivity contribution in [1.82, 2.24) is 4.90 Å². The molecule has 2 rings (SSSR count). The summed E-state index contributed by atoms with van der Waals surface area (Å²) in [7, 11) is 2.10. The van der Waals surface area contributed by atoms with Crippen LogP contribution in [-0.2, 0) is 6.42 Å². The Morgan fingerprint density at radius 2 is 2.00 bits per heavy atom. The quantitative estimate of drug-likeness (QED) is 0.855. The number of rotatable bonds is 6. The topological polar surface area (TPSA) is 41.9 Å². The molecule has 1 aromatic carbocycles.